The van der Waals surface area contributed by atoms with Gasteiger partial charge in [-0.2, -0.15) is 0 Å². The van der Waals surface area contributed by atoms with Gasteiger partial charge in [-0.1, -0.05) is 0 Å². The minimum atomic E-state index is 0.128. The van der Waals surface area contributed by atoms with Crippen molar-refractivity contribution in [3.8, 4) is 11.5 Å². The highest BCUT2D eigenvalue weighted by molar-refractivity contribution is 5.85. The molecule has 0 bridgehead atoms. The molecule has 10 heteroatoms. The Bertz CT molecular complexity index is 1150. The highest BCUT2D eigenvalue weighted by Crippen LogP contribution is 2.35. The second-order valence-corrected chi connectivity index (χ2v) is 9.18. The van der Waals surface area contributed by atoms with Crippen LogP contribution in [0.5, 0.6) is 11.5 Å². The number of aromatic nitrogens is 4. The van der Waals surface area contributed by atoms with Crippen LogP contribution < -0.4 is 24.6 Å². The lowest BCUT2D eigenvalue weighted by Gasteiger charge is -2.32. The van der Waals surface area contributed by atoms with Crippen LogP contribution in [0.2, 0.25) is 0 Å². The van der Waals surface area contributed by atoms with Crippen LogP contribution in [0.1, 0.15) is 25.7 Å². The molecule has 1 aliphatic carbocycles. The number of nitrogens with one attached hydrogen (secondary N) is 1. The largest absolute Gasteiger partial charge is 0.490 e. The van der Waals surface area contributed by atoms with Crippen molar-refractivity contribution in [3.05, 3.63) is 30.9 Å². The first-order chi connectivity index (χ1) is 17.1. The number of morpholine rings is 1. The second kappa shape index (κ2) is 10.5. The molecule has 2 aliphatic rings. The van der Waals surface area contributed by atoms with Crippen molar-refractivity contribution in [2.75, 3.05) is 62.6 Å². The Balaban J connectivity index is 1.27. The van der Waals surface area contributed by atoms with E-state index in [4.69, 9.17) is 14.2 Å². The van der Waals surface area contributed by atoms with E-state index in [2.05, 4.69) is 42.3 Å². The zero-order valence-electron chi connectivity index (χ0n) is 20.6. The number of hydrogen-bond donors (Lipinski definition) is 1. The molecular formula is C25H33N7O3. The van der Waals surface area contributed by atoms with Gasteiger partial charge in [0.05, 0.1) is 31.9 Å². The summed E-state index contributed by atoms with van der Waals surface area (Å²) in [5.41, 5.74) is 2.78. The van der Waals surface area contributed by atoms with Gasteiger partial charge in [0.25, 0.3) is 0 Å². The van der Waals surface area contributed by atoms with E-state index in [0.29, 0.717) is 11.8 Å². The van der Waals surface area contributed by atoms with Crippen LogP contribution in [0.25, 0.3) is 11.0 Å². The maximum atomic E-state index is 6.55. The van der Waals surface area contributed by atoms with Crippen molar-refractivity contribution in [2.45, 2.75) is 37.8 Å². The molecule has 1 saturated heterocycles. The van der Waals surface area contributed by atoms with Crippen molar-refractivity contribution < 1.29 is 14.2 Å². The number of anilines is 3. The molecule has 2 aromatic heterocycles. The summed E-state index contributed by atoms with van der Waals surface area (Å²) in [5, 5.41) is 3.56. The Kier molecular flexibility index (Phi) is 6.98. The standard InChI is InChI=1S/C25H33N7O3/c1-31(2)25-23(33-3)24(28-16-29-25)30-17-4-6-19(7-5-17)35-21-15-18(32-10-12-34-13-11-32)14-20-22(21)27-9-8-26-20/h8-9,14-17,19H,4-7,10-13H2,1-3H3,(H,28,29,30). The number of rotatable bonds is 7. The summed E-state index contributed by atoms with van der Waals surface area (Å²) in [5.74, 6) is 2.97. The molecule has 0 spiro atoms. The van der Waals surface area contributed by atoms with Crippen LogP contribution in [0.3, 0.4) is 0 Å². The lowest BCUT2D eigenvalue weighted by atomic mass is 9.93. The molecule has 0 unspecified atom stereocenters. The maximum absolute atomic E-state index is 6.55. The zero-order chi connectivity index (χ0) is 24.2. The van der Waals surface area contributed by atoms with E-state index in [0.717, 1.165) is 86.1 Å². The van der Waals surface area contributed by atoms with E-state index in [-0.39, 0.29) is 6.10 Å². The summed E-state index contributed by atoms with van der Waals surface area (Å²) in [6.07, 6.45) is 8.98. The Morgan fingerprint density at radius 3 is 2.51 bits per heavy atom. The van der Waals surface area contributed by atoms with Crippen molar-refractivity contribution in [3.63, 3.8) is 0 Å². The summed E-state index contributed by atoms with van der Waals surface area (Å²) in [6.45, 7) is 3.20. The molecule has 0 radical (unpaired) electrons. The number of nitrogens with zero attached hydrogens (tertiary/aromatic N) is 6. The van der Waals surface area contributed by atoms with Crippen LogP contribution >= 0.6 is 0 Å². The minimum absolute atomic E-state index is 0.128. The van der Waals surface area contributed by atoms with Crippen LogP contribution in [-0.2, 0) is 4.74 Å². The molecular weight excluding hydrogens is 446 g/mol. The first kappa shape index (κ1) is 23.3. The molecule has 10 nitrogen and oxygen atoms in total. The summed E-state index contributed by atoms with van der Waals surface area (Å²) >= 11 is 0. The van der Waals surface area contributed by atoms with E-state index in [9.17, 15) is 0 Å². The molecule has 5 rings (SSSR count). The van der Waals surface area contributed by atoms with Crippen LogP contribution in [0.15, 0.2) is 30.9 Å². The third-order valence-corrected chi connectivity index (χ3v) is 6.62. The molecule has 0 atom stereocenters. The van der Waals surface area contributed by atoms with E-state index in [1.807, 2.05) is 19.0 Å². The lowest BCUT2D eigenvalue weighted by Crippen LogP contribution is -2.36. The highest BCUT2D eigenvalue weighted by atomic mass is 16.5. The molecule has 3 heterocycles. The quantitative estimate of drug-likeness (QED) is 0.544. The monoisotopic (exact) mass is 479 g/mol. The molecule has 3 aromatic rings. The summed E-state index contributed by atoms with van der Waals surface area (Å²) < 4.78 is 17.7. The third kappa shape index (κ3) is 5.17. The topological polar surface area (TPSA) is 97.8 Å². The van der Waals surface area contributed by atoms with Gasteiger partial charge in [0.2, 0.25) is 5.75 Å². The number of benzene rings is 1. The fourth-order valence-corrected chi connectivity index (χ4v) is 4.79. The molecule has 2 fully saturated rings. The fraction of sp³-hybridized carbons (Fsp3) is 0.520. The Labute approximate surface area is 205 Å². The predicted molar refractivity (Wildman–Crippen MR) is 136 cm³/mol. The van der Waals surface area contributed by atoms with Crippen molar-refractivity contribution in [1.29, 1.82) is 0 Å². The molecule has 186 valence electrons. The van der Waals surface area contributed by atoms with Gasteiger partial charge in [-0.3, -0.25) is 4.98 Å². The summed E-state index contributed by atoms with van der Waals surface area (Å²) in [4.78, 5) is 22.1. The van der Waals surface area contributed by atoms with Gasteiger partial charge in [-0.25, -0.2) is 15.0 Å². The second-order valence-electron chi connectivity index (χ2n) is 9.18. The van der Waals surface area contributed by atoms with Crippen molar-refractivity contribution in [2.24, 2.45) is 0 Å². The van der Waals surface area contributed by atoms with Crippen LogP contribution in [0.4, 0.5) is 17.3 Å². The molecule has 0 amide bonds. The van der Waals surface area contributed by atoms with E-state index in [1.54, 1.807) is 25.8 Å². The number of methoxy groups -OCH3 is 1. The van der Waals surface area contributed by atoms with Crippen LogP contribution in [0, 0.1) is 0 Å². The third-order valence-electron chi connectivity index (χ3n) is 6.62. The minimum Gasteiger partial charge on any atom is -0.490 e. The number of hydrogen-bond acceptors (Lipinski definition) is 10. The lowest BCUT2D eigenvalue weighted by molar-refractivity contribution is 0.122. The van der Waals surface area contributed by atoms with Crippen LogP contribution in [-0.4, -0.2) is 79.6 Å². The molecule has 1 N–H and O–H groups in total. The van der Waals surface area contributed by atoms with Gasteiger partial charge in [0.1, 0.15) is 17.6 Å². The normalized spacial score (nSPS) is 20.5. The summed E-state index contributed by atoms with van der Waals surface area (Å²) in [6, 6.07) is 4.50. The Morgan fingerprint density at radius 2 is 1.77 bits per heavy atom. The van der Waals surface area contributed by atoms with Crippen molar-refractivity contribution in [1.82, 2.24) is 19.9 Å². The molecule has 1 saturated carbocycles. The number of fused-ring (bicyclic) bond motifs is 1. The first-order valence-corrected chi connectivity index (χ1v) is 12.2. The van der Waals surface area contributed by atoms with Crippen molar-refractivity contribution >= 4 is 28.4 Å². The number of ether oxygens (including phenoxy) is 3. The molecule has 1 aliphatic heterocycles. The van der Waals surface area contributed by atoms with E-state index in [1.165, 1.54) is 0 Å². The first-order valence-electron chi connectivity index (χ1n) is 12.2. The molecule has 35 heavy (non-hydrogen) atoms. The Morgan fingerprint density at radius 1 is 1.00 bits per heavy atom. The average molecular weight is 480 g/mol. The predicted octanol–water partition coefficient (Wildman–Crippen LogP) is 3.13. The van der Waals surface area contributed by atoms with Gasteiger partial charge in [-0.15, -0.1) is 0 Å². The molecule has 1 aromatic carbocycles. The maximum Gasteiger partial charge on any atom is 0.204 e. The fourth-order valence-electron chi connectivity index (χ4n) is 4.79. The average Bonchev–Trinajstić information content (AvgIpc) is 2.90. The van der Waals surface area contributed by atoms with E-state index >= 15 is 0 Å². The summed E-state index contributed by atoms with van der Waals surface area (Å²) in [7, 11) is 5.54. The smallest absolute Gasteiger partial charge is 0.204 e. The van der Waals surface area contributed by atoms with Gasteiger partial charge >= 0.3 is 0 Å². The SMILES string of the molecule is COc1c(NC2CCC(Oc3cc(N4CCOCC4)cc4nccnc34)CC2)ncnc1N(C)C. The van der Waals surface area contributed by atoms with Gasteiger partial charge < -0.3 is 29.3 Å². The zero-order valence-corrected chi connectivity index (χ0v) is 20.6. The Hall–Kier alpha value is -3.40. The van der Waals surface area contributed by atoms with Gasteiger partial charge in [-0.05, 0) is 31.7 Å². The van der Waals surface area contributed by atoms with Gasteiger partial charge in [0, 0.05) is 57.4 Å². The highest BCUT2D eigenvalue weighted by Gasteiger charge is 2.26. The van der Waals surface area contributed by atoms with E-state index < -0.39 is 0 Å². The van der Waals surface area contributed by atoms with Gasteiger partial charge in [0.15, 0.2) is 11.6 Å².